The van der Waals surface area contributed by atoms with Crippen LogP contribution in [0, 0.1) is 0 Å². The van der Waals surface area contributed by atoms with E-state index in [0.29, 0.717) is 0 Å². The van der Waals surface area contributed by atoms with Crippen LogP contribution in [0.3, 0.4) is 0 Å². The average Bonchev–Trinajstić information content (AvgIpc) is 2.30. The summed E-state index contributed by atoms with van der Waals surface area (Å²) in [5.74, 6) is 0.0102. The van der Waals surface area contributed by atoms with Crippen LogP contribution in [0.5, 0.6) is 0 Å². The van der Waals surface area contributed by atoms with Crippen LogP contribution >= 0.6 is 22.6 Å². The van der Waals surface area contributed by atoms with Crippen molar-refractivity contribution >= 4 is 28.5 Å². The van der Waals surface area contributed by atoms with Gasteiger partial charge in [-0.25, -0.2) is 5.06 Å². The number of carbonyl (C=O) groups excluding carboxylic acids is 1. The van der Waals surface area contributed by atoms with Crippen LogP contribution in [0.2, 0.25) is 0 Å². The maximum atomic E-state index is 11.0. The number of carbonyl (C=O) groups is 1. The minimum atomic E-state index is 0.0102. The Bertz CT molecular complexity index is 163. The van der Waals surface area contributed by atoms with Crippen molar-refractivity contribution < 1.29 is 9.63 Å². The second-order valence-corrected chi connectivity index (χ2v) is 3.69. The van der Waals surface area contributed by atoms with E-state index in [0.717, 1.165) is 10.8 Å². The number of halogens is 1. The van der Waals surface area contributed by atoms with Gasteiger partial charge in [0.05, 0.1) is 12.1 Å². The number of rotatable bonds is 1. The molecule has 0 aromatic heterocycles. The highest BCUT2D eigenvalue weighted by atomic mass is 127. The highest BCUT2D eigenvalue weighted by Gasteiger charge is 2.31. The molecule has 0 N–H and O–H groups in total. The summed E-state index contributed by atoms with van der Waals surface area (Å²) >= 11 is 2.27. The summed E-state index contributed by atoms with van der Waals surface area (Å²) in [6.45, 7) is 3.53. The maximum Gasteiger partial charge on any atom is 0.243 e. The number of hydrogen-bond donors (Lipinski definition) is 0. The van der Waals surface area contributed by atoms with Gasteiger partial charge in [0.25, 0.3) is 0 Å². The molecule has 0 aliphatic carbocycles. The number of nitrogens with zero attached hydrogens (tertiary/aromatic N) is 1. The molecule has 4 heteroatoms. The predicted molar refractivity (Wildman–Crippen MR) is 50.4 cm³/mol. The van der Waals surface area contributed by atoms with Crippen LogP contribution in [0.15, 0.2) is 0 Å². The molecule has 2 atom stereocenters. The molecule has 0 spiro atoms. The van der Waals surface area contributed by atoms with Crippen molar-refractivity contribution in [3.05, 3.63) is 0 Å². The third kappa shape index (κ3) is 2.05. The molecule has 1 saturated heterocycles. The summed E-state index contributed by atoms with van der Waals surface area (Å²) in [5, 5.41) is 1.50. The molecule has 0 unspecified atom stereocenters. The first kappa shape index (κ1) is 9.25. The fourth-order valence-electron chi connectivity index (χ4n) is 1.26. The van der Waals surface area contributed by atoms with Gasteiger partial charge in [0.2, 0.25) is 5.91 Å². The van der Waals surface area contributed by atoms with E-state index in [9.17, 15) is 4.79 Å². The molecule has 1 amide bonds. The van der Waals surface area contributed by atoms with Crippen molar-refractivity contribution in [3.8, 4) is 0 Å². The Kier molecular flexibility index (Phi) is 3.12. The summed E-state index contributed by atoms with van der Waals surface area (Å²) in [7, 11) is 0. The van der Waals surface area contributed by atoms with Crippen molar-refractivity contribution in [2.45, 2.75) is 32.4 Å². The van der Waals surface area contributed by atoms with E-state index < -0.39 is 0 Å². The second kappa shape index (κ2) is 3.71. The van der Waals surface area contributed by atoms with Gasteiger partial charge >= 0.3 is 0 Å². The number of hydrogen-bond acceptors (Lipinski definition) is 2. The minimum absolute atomic E-state index is 0.0102. The van der Waals surface area contributed by atoms with Crippen LogP contribution in [-0.4, -0.2) is 27.5 Å². The molecule has 1 fully saturated rings. The molecule has 1 heterocycles. The maximum absolute atomic E-state index is 11.0. The summed E-state index contributed by atoms with van der Waals surface area (Å²) in [6.07, 6.45) is 1.15. The molecule has 1 aliphatic heterocycles. The highest BCUT2D eigenvalue weighted by Crippen LogP contribution is 2.22. The van der Waals surface area contributed by atoms with Gasteiger partial charge in [-0.15, -0.1) is 0 Å². The van der Waals surface area contributed by atoms with E-state index in [1.807, 2.05) is 6.92 Å². The van der Waals surface area contributed by atoms with Crippen molar-refractivity contribution in [2.75, 3.05) is 4.43 Å². The highest BCUT2D eigenvalue weighted by molar-refractivity contribution is 14.1. The van der Waals surface area contributed by atoms with Gasteiger partial charge in [-0.05, 0) is 13.3 Å². The first-order chi connectivity index (χ1) is 5.15. The first-order valence-corrected chi connectivity index (χ1v) is 5.20. The van der Waals surface area contributed by atoms with E-state index in [-0.39, 0.29) is 18.1 Å². The summed E-state index contributed by atoms with van der Waals surface area (Å²) in [6, 6.07) is 0.281. The fraction of sp³-hybridized carbons (Fsp3) is 0.857. The Morgan fingerprint density at radius 2 is 2.45 bits per heavy atom. The summed E-state index contributed by atoms with van der Waals surface area (Å²) in [4.78, 5) is 16.3. The van der Waals surface area contributed by atoms with Crippen molar-refractivity contribution in [3.63, 3.8) is 0 Å². The smallest absolute Gasteiger partial charge is 0.243 e. The lowest BCUT2D eigenvalue weighted by molar-refractivity contribution is -0.181. The number of alkyl halides is 1. The largest absolute Gasteiger partial charge is 0.273 e. The standard InChI is InChI=1S/C7H12INO2/c1-5-3-7(4-8)9(11-5)6(2)10/h5,7H,3-4H2,1-2H3/t5-,7-/m1/s1. The molecule has 0 aromatic carbocycles. The molecular weight excluding hydrogens is 257 g/mol. The summed E-state index contributed by atoms with van der Waals surface area (Å²) < 4.78 is 0.946. The molecular formula is C7H12INO2. The molecule has 0 bridgehead atoms. The zero-order chi connectivity index (χ0) is 8.43. The molecule has 3 nitrogen and oxygen atoms in total. The van der Waals surface area contributed by atoms with Crippen molar-refractivity contribution in [2.24, 2.45) is 0 Å². The zero-order valence-electron chi connectivity index (χ0n) is 6.71. The third-order valence-electron chi connectivity index (χ3n) is 1.72. The Labute approximate surface area is 80.2 Å². The van der Waals surface area contributed by atoms with Gasteiger partial charge in [-0.2, -0.15) is 0 Å². The van der Waals surface area contributed by atoms with Crippen molar-refractivity contribution in [1.29, 1.82) is 0 Å². The third-order valence-corrected chi connectivity index (χ3v) is 2.73. The Balaban J connectivity index is 2.57. The molecule has 0 aromatic rings. The monoisotopic (exact) mass is 269 g/mol. The molecule has 1 aliphatic rings. The second-order valence-electron chi connectivity index (χ2n) is 2.80. The predicted octanol–water partition coefficient (Wildman–Crippen LogP) is 1.36. The van der Waals surface area contributed by atoms with E-state index in [1.165, 1.54) is 12.0 Å². The van der Waals surface area contributed by atoms with Crippen LogP contribution in [-0.2, 0) is 9.63 Å². The Hall–Kier alpha value is 0.160. The van der Waals surface area contributed by atoms with E-state index in [4.69, 9.17) is 4.84 Å². The van der Waals surface area contributed by atoms with Gasteiger partial charge in [0, 0.05) is 11.4 Å². The molecule has 11 heavy (non-hydrogen) atoms. The van der Waals surface area contributed by atoms with Crippen LogP contribution < -0.4 is 0 Å². The fourth-order valence-corrected chi connectivity index (χ4v) is 1.98. The Morgan fingerprint density at radius 1 is 1.82 bits per heavy atom. The number of hydroxylamine groups is 2. The molecule has 64 valence electrons. The topological polar surface area (TPSA) is 29.5 Å². The molecule has 0 saturated carbocycles. The van der Waals surface area contributed by atoms with Gasteiger partial charge in [0.1, 0.15) is 0 Å². The Morgan fingerprint density at radius 3 is 2.82 bits per heavy atom. The summed E-state index contributed by atoms with van der Waals surface area (Å²) in [5.41, 5.74) is 0. The quantitative estimate of drug-likeness (QED) is 0.531. The van der Waals surface area contributed by atoms with Crippen LogP contribution in [0.25, 0.3) is 0 Å². The normalized spacial score (nSPS) is 31.0. The van der Waals surface area contributed by atoms with E-state index in [1.54, 1.807) is 0 Å². The van der Waals surface area contributed by atoms with E-state index in [2.05, 4.69) is 22.6 Å². The lowest BCUT2D eigenvalue weighted by atomic mass is 10.2. The van der Waals surface area contributed by atoms with Crippen molar-refractivity contribution in [1.82, 2.24) is 5.06 Å². The zero-order valence-corrected chi connectivity index (χ0v) is 8.87. The SMILES string of the molecule is CC(=O)N1O[C@H](C)C[C@@H]1CI. The van der Waals surface area contributed by atoms with Crippen LogP contribution in [0.1, 0.15) is 20.3 Å². The van der Waals surface area contributed by atoms with Gasteiger partial charge in [-0.3, -0.25) is 9.63 Å². The van der Waals surface area contributed by atoms with Gasteiger partial charge in [-0.1, -0.05) is 22.6 Å². The van der Waals surface area contributed by atoms with E-state index >= 15 is 0 Å². The van der Waals surface area contributed by atoms with Gasteiger partial charge < -0.3 is 0 Å². The average molecular weight is 269 g/mol. The first-order valence-electron chi connectivity index (χ1n) is 3.67. The molecule has 0 radical (unpaired) electrons. The molecule has 1 rings (SSSR count). The number of amides is 1. The van der Waals surface area contributed by atoms with Crippen LogP contribution in [0.4, 0.5) is 0 Å². The van der Waals surface area contributed by atoms with Gasteiger partial charge in [0.15, 0.2) is 0 Å². The minimum Gasteiger partial charge on any atom is -0.273 e. The lowest BCUT2D eigenvalue weighted by Gasteiger charge is -2.18. The lowest BCUT2D eigenvalue weighted by Crippen LogP contribution is -2.33.